The highest BCUT2D eigenvalue weighted by Crippen LogP contribution is 2.39. The summed E-state index contributed by atoms with van der Waals surface area (Å²) in [6.45, 7) is 4.83. The van der Waals surface area contributed by atoms with Gasteiger partial charge in [0.05, 0.1) is 31.6 Å². The van der Waals surface area contributed by atoms with E-state index in [2.05, 4.69) is 62.7 Å². The zero-order valence-corrected chi connectivity index (χ0v) is 21.5. The number of para-hydroxylation sites is 1. The van der Waals surface area contributed by atoms with Crippen LogP contribution < -0.4 is 20.4 Å². The minimum Gasteiger partial charge on any atom is -0.504 e. The zero-order chi connectivity index (χ0) is 23.9. The monoisotopic (exact) mass is 591 g/mol. The minimum atomic E-state index is -0.0291. The third kappa shape index (κ3) is 5.93. The van der Waals surface area contributed by atoms with Crippen LogP contribution in [0.2, 0.25) is 0 Å². The molecule has 0 spiro atoms. The number of hydrazone groups is 1. The average molecular weight is 593 g/mol. The van der Waals surface area contributed by atoms with E-state index in [1.165, 1.54) is 6.21 Å². The maximum Gasteiger partial charge on any atom is 0.250 e. The van der Waals surface area contributed by atoms with Gasteiger partial charge in [0, 0.05) is 27.7 Å². The van der Waals surface area contributed by atoms with Gasteiger partial charge in [-0.05, 0) is 57.0 Å². The van der Waals surface area contributed by atoms with Crippen LogP contribution in [0.1, 0.15) is 12.5 Å². The van der Waals surface area contributed by atoms with Gasteiger partial charge in [0.25, 0.3) is 0 Å². The lowest BCUT2D eigenvalue weighted by Crippen LogP contribution is -2.37. The Hall–Kier alpha value is -2.96. The van der Waals surface area contributed by atoms with Gasteiger partial charge in [-0.2, -0.15) is 20.1 Å². The van der Waals surface area contributed by atoms with Crippen LogP contribution in [0.4, 0.5) is 23.5 Å². The summed E-state index contributed by atoms with van der Waals surface area (Å²) in [4.78, 5) is 15.5. The number of aromatic nitrogens is 3. The molecule has 0 aliphatic carbocycles. The van der Waals surface area contributed by atoms with Gasteiger partial charge < -0.3 is 24.8 Å². The molecule has 34 heavy (non-hydrogen) atoms. The van der Waals surface area contributed by atoms with Gasteiger partial charge >= 0.3 is 0 Å². The second kappa shape index (κ2) is 11.4. The predicted octanol–water partition coefficient (Wildman–Crippen LogP) is 4.53. The number of phenolic OH excluding ortho intramolecular Hbond substituents is 1. The van der Waals surface area contributed by atoms with Crippen LogP contribution in [0.3, 0.4) is 0 Å². The maximum atomic E-state index is 10.6. The van der Waals surface area contributed by atoms with E-state index in [9.17, 15) is 5.11 Å². The number of hydrogen-bond donors (Lipinski definition) is 3. The first-order valence-corrected chi connectivity index (χ1v) is 12.2. The van der Waals surface area contributed by atoms with Crippen molar-refractivity contribution in [1.29, 1.82) is 0 Å². The number of morpholine rings is 1. The van der Waals surface area contributed by atoms with Gasteiger partial charge in [0.1, 0.15) is 0 Å². The van der Waals surface area contributed by atoms with Crippen LogP contribution in [0.5, 0.6) is 11.5 Å². The summed E-state index contributed by atoms with van der Waals surface area (Å²) in [5.74, 6) is 1.47. The summed E-state index contributed by atoms with van der Waals surface area (Å²) in [7, 11) is 0. The van der Waals surface area contributed by atoms with Gasteiger partial charge in [-0.15, -0.1) is 0 Å². The Kier molecular flexibility index (Phi) is 8.14. The van der Waals surface area contributed by atoms with Gasteiger partial charge in [0.2, 0.25) is 17.8 Å². The van der Waals surface area contributed by atoms with Crippen molar-refractivity contribution in [3.05, 3.63) is 50.9 Å². The second-order valence-electron chi connectivity index (χ2n) is 7.11. The highest BCUT2D eigenvalue weighted by Gasteiger charge is 2.17. The minimum absolute atomic E-state index is 0.0291. The molecule has 3 N–H and O–H groups in total. The summed E-state index contributed by atoms with van der Waals surface area (Å²) in [5, 5.41) is 18.0. The van der Waals surface area contributed by atoms with E-state index in [1.54, 1.807) is 6.07 Å². The van der Waals surface area contributed by atoms with Crippen molar-refractivity contribution in [1.82, 2.24) is 15.0 Å². The Morgan fingerprint density at radius 3 is 2.62 bits per heavy atom. The van der Waals surface area contributed by atoms with Gasteiger partial charge in [-0.25, -0.2) is 5.43 Å². The van der Waals surface area contributed by atoms with Crippen molar-refractivity contribution in [2.24, 2.45) is 5.10 Å². The molecule has 178 valence electrons. The second-order valence-corrected chi connectivity index (χ2v) is 8.76. The standard InChI is InChI=1S/C22H23Br2N7O3/c1-2-34-17-12-16(23)18(24)15(19(17)32)13-25-30-21-27-20(26-14-6-4-3-5-7-14)28-22(29-21)31-8-10-33-11-9-31/h3-7,12-13,32H,2,8-11H2,1H3,(H2,26,27,28,29,30)/b25-13+. The normalized spacial score (nSPS) is 13.8. The molecule has 2 aromatic carbocycles. The lowest BCUT2D eigenvalue weighted by Gasteiger charge is -2.27. The number of phenols is 1. The van der Waals surface area contributed by atoms with Crippen LogP contribution in [-0.2, 0) is 4.74 Å². The van der Waals surface area contributed by atoms with Crippen LogP contribution >= 0.6 is 31.9 Å². The fourth-order valence-electron chi connectivity index (χ4n) is 3.18. The van der Waals surface area contributed by atoms with Crippen LogP contribution in [-0.4, -0.2) is 59.2 Å². The van der Waals surface area contributed by atoms with Crippen LogP contribution in [0.25, 0.3) is 0 Å². The molecule has 1 aliphatic heterocycles. The molecule has 0 unspecified atom stereocenters. The fourth-order valence-corrected chi connectivity index (χ4v) is 4.00. The molecule has 0 atom stereocenters. The number of aromatic hydroxyl groups is 1. The number of halogens is 2. The summed E-state index contributed by atoms with van der Waals surface area (Å²) in [5.41, 5.74) is 4.14. The SMILES string of the molecule is CCOc1cc(Br)c(Br)c(/C=N/Nc2nc(Nc3ccccc3)nc(N3CCOCC3)n2)c1O. The Morgan fingerprint density at radius 2 is 1.88 bits per heavy atom. The molecule has 1 saturated heterocycles. The summed E-state index contributed by atoms with van der Waals surface area (Å²) < 4.78 is 12.3. The highest BCUT2D eigenvalue weighted by atomic mass is 79.9. The summed E-state index contributed by atoms with van der Waals surface area (Å²) in [6.07, 6.45) is 1.47. The zero-order valence-electron chi connectivity index (χ0n) is 18.3. The quantitative estimate of drug-likeness (QED) is 0.256. The van der Waals surface area contributed by atoms with E-state index in [-0.39, 0.29) is 11.7 Å². The Morgan fingerprint density at radius 1 is 1.15 bits per heavy atom. The van der Waals surface area contributed by atoms with Crippen molar-refractivity contribution in [3.63, 3.8) is 0 Å². The van der Waals surface area contributed by atoms with Crippen LogP contribution in [0, 0.1) is 0 Å². The molecule has 0 saturated carbocycles. The Labute approximate surface area is 213 Å². The lowest BCUT2D eigenvalue weighted by atomic mass is 10.2. The highest BCUT2D eigenvalue weighted by molar-refractivity contribution is 9.13. The number of rotatable bonds is 8. The molecule has 3 aromatic rings. The number of nitrogens with zero attached hydrogens (tertiary/aromatic N) is 5. The van der Waals surface area contributed by atoms with E-state index in [1.807, 2.05) is 42.2 Å². The van der Waals surface area contributed by atoms with E-state index in [4.69, 9.17) is 9.47 Å². The van der Waals surface area contributed by atoms with E-state index < -0.39 is 0 Å². The number of ether oxygens (including phenoxy) is 2. The van der Waals surface area contributed by atoms with Crippen molar-refractivity contribution >= 4 is 61.6 Å². The topological polar surface area (TPSA) is 117 Å². The first kappa shape index (κ1) is 24.2. The molecule has 0 bridgehead atoms. The molecule has 1 aliphatic rings. The van der Waals surface area contributed by atoms with Crippen molar-refractivity contribution in [2.75, 3.05) is 48.6 Å². The first-order valence-electron chi connectivity index (χ1n) is 10.6. The van der Waals surface area contributed by atoms with Crippen LogP contribution in [0.15, 0.2) is 50.4 Å². The lowest BCUT2D eigenvalue weighted by molar-refractivity contribution is 0.122. The molecular weight excluding hydrogens is 570 g/mol. The summed E-state index contributed by atoms with van der Waals surface area (Å²) >= 11 is 6.92. The molecule has 12 heteroatoms. The number of hydrogen-bond acceptors (Lipinski definition) is 10. The molecule has 2 heterocycles. The molecule has 4 rings (SSSR count). The largest absolute Gasteiger partial charge is 0.504 e. The Bertz CT molecular complexity index is 1160. The molecule has 0 radical (unpaired) electrons. The van der Waals surface area contributed by atoms with Gasteiger partial charge in [-0.1, -0.05) is 18.2 Å². The smallest absolute Gasteiger partial charge is 0.250 e. The summed E-state index contributed by atoms with van der Waals surface area (Å²) in [6, 6.07) is 11.3. The van der Waals surface area contributed by atoms with Crippen molar-refractivity contribution in [3.8, 4) is 11.5 Å². The van der Waals surface area contributed by atoms with Crippen molar-refractivity contribution < 1.29 is 14.6 Å². The molecule has 1 aromatic heterocycles. The van der Waals surface area contributed by atoms with E-state index >= 15 is 0 Å². The first-order chi connectivity index (χ1) is 16.5. The third-order valence-corrected chi connectivity index (χ3v) is 6.81. The number of benzene rings is 2. The Balaban J connectivity index is 1.61. The van der Waals surface area contributed by atoms with Crippen molar-refractivity contribution in [2.45, 2.75) is 6.92 Å². The van der Waals surface area contributed by atoms with Gasteiger partial charge in [0.15, 0.2) is 11.5 Å². The molecule has 0 amide bonds. The van der Waals surface area contributed by atoms with E-state index in [0.717, 1.165) is 10.2 Å². The fraction of sp³-hybridized carbons (Fsp3) is 0.273. The predicted molar refractivity (Wildman–Crippen MR) is 138 cm³/mol. The number of anilines is 4. The number of nitrogens with one attached hydrogen (secondary N) is 2. The average Bonchev–Trinajstić information content (AvgIpc) is 2.86. The van der Waals surface area contributed by atoms with Gasteiger partial charge in [-0.3, -0.25) is 0 Å². The molecular formula is C22H23Br2N7O3. The molecule has 10 nitrogen and oxygen atoms in total. The third-order valence-electron chi connectivity index (χ3n) is 4.80. The molecule has 1 fully saturated rings. The maximum absolute atomic E-state index is 10.6. The van der Waals surface area contributed by atoms with E-state index in [0.29, 0.717) is 60.6 Å².